The number of phenols is 2. The standard InChI is InChI=1S/C32H33N7O14S2/c1-13-16(11-39(5-2-3-6-39)7-4-37-26(45)14-8-18(40)19(41)9-15(14)31(51)53-37)24(30(49)50)38-27(46)23(28(38)55-13)35-25(44)22(17-12-54-32(33)34-17)36-52-20(29(47)48)10-21(42)43/h8-9,12-13,20,23,28H,2-7,10-11H2,1H3,(H7-,33,34,35,36,40,41,42,43,44,45,47,48,49,50,51)/p+1/t13-,20-,23+,28+/m0/s1. The van der Waals surface area contributed by atoms with Gasteiger partial charge in [0, 0.05) is 29.0 Å². The zero-order valence-corrected chi connectivity index (χ0v) is 30.4. The largest absolute Gasteiger partial charge is 0.504 e. The summed E-state index contributed by atoms with van der Waals surface area (Å²) >= 11 is 2.13. The number of hydrogen-bond acceptors (Lipinski definition) is 16. The Morgan fingerprint density at radius 2 is 1.78 bits per heavy atom. The van der Waals surface area contributed by atoms with Crippen molar-refractivity contribution in [3.8, 4) is 11.5 Å². The number of carboxylic acids is 3. The number of nitrogen functional groups attached to an aromatic ring is 1. The number of carbonyl (C=O) groups is 5. The number of amides is 2. The van der Waals surface area contributed by atoms with E-state index in [1.807, 2.05) is 0 Å². The zero-order valence-electron chi connectivity index (χ0n) is 28.7. The molecule has 0 saturated carbocycles. The number of nitrogens with one attached hydrogen (secondary N) is 1. The maximum Gasteiger partial charge on any atom is 0.364 e. The molecule has 55 heavy (non-hydrogen) atoms. The van der Waals surface area contributed by atoms with Gasteiger partial charge in [-0.2, -0.15) is 4.74 Å². The van der Waals surface area contributed by atoms with Gasteiger partial charge in [0.2, 0.25) is 6.10 Å². The number of aromatic hydroxyl groups is 2. The fourth-order valence-corrected chi connectivity index (χ4v) is 8.83. The molecule has 8 N–H and O–H groups in total. The lowest BCUT2D eigenvalue weighted by molar-refractivity contribution is -0.913. The number of aliphatic carboxylic acids is 3. The van der Waals surface area contributed by atoms with Crippen LogP contribution < -0.4 is 22.2 Å². The molecule has 2 aromatic heterocycles. The molecule has 0 bridgehead atoms. The number of anilines is 1. The number of thiazole rings is 1. The molecule has 3 aromatic rings. The number of nitrogens with two attached hydrogens (primary N) is 1. The van der Waals surface area contributed by atoms with E-state index in [9.17, 15) is 54.0 Å². The Kier molecular flexibility index (Phi) is 10.6. The molecule has 5 heterocycles. The van der Waals surface area contributed by atoms with Gasteiger partial charge < -0.3 is 50.4 Å². The fraction of sp³-hybridized carbons (Fsp3) is 0.406. The van der Waals surface area contributed by atoms with Crippen LogP contribution in [0.3, 0.4) is 0 Å². The molecule has 3 aliphatic heterocycles. The van der Waals surface area contributed by atoms with Crippen LogP contribution in [-0.4, -0.2) is 129 Å². The minimum Gasteiger partial charge on any atom is -0.504 e. The molecule has 23 heteroatoms. The number of quaternary nitrogens is 1. The predicted octanol–water partition coefficient (Wildman–Crippen LogP) is -0.509. The maximum absolute atomic E-state index is 13.6. The van der Waals surface area contributed by atoms with Crippen molar-refractivity contribution in [2.45, 2.75) is 55.5 Å². The third kappa shape index (κ3) is 7.57. The van der Waals surface area contributed by atoms with Gasteiger partial charge in [-0.3, -0.25) is 24.1 Å². The number of aromatic nitrogens is 2. The number of phenolic OH excluding ortho intramolecular Hbond substituents is 2. The van der Waals surface area contributed by atoms with Crippen molar-refractivity contribution >= 4 is 74.4 Å². The molecular weight excluding hydrogens is 771 g/mol. The Hall–Kier alpha value is -5.94. The van der Waals surface area contributed by atoms with E-state index < -0.39 is 87.3 Å². The molecule has 2 fully saturated rings. The number of carbonyl (C=O) groups excluding carboxylic acids is 2. The van der Waals surface area contributed by atoms with E-state index in [0.717, 1.165) is 46.0 Å². The highest BCUT2D eigenvalue weighted by molar-refractivity contribution is 8.00. The van der Waals surface area contributed by atoms with Gasteiger partial charge in [-0.05, 0) is 19.1 Å². The lowest BCUT2D eigenvalue weighted by Crippen LogP contribution is -2.71. The van der Waals surface area contributed by atoms with E-state index in [0.29, 0.717) is 23.1 Å². The quantitative estimate of drug-likeness (QED) is 0.0355. The minimum atomic E-state index is -1.97. The molecule has 2 amide bonds. The van der Waals surface area contributed by atoms with Gasteiger partial charge in [-0.1, -0.05) is 5.16 Å². The zero-order chi connectivity index (χ0) is 39.9. The average Bonchev–Trinajstić information content (AvgIpc) is 3.78. The van der Waals surface area contributed by atoms with Crippen molar-refractivity contribution in [2.24, 2.45) is 5.16 Å². The number of β-lactam (4-membered cyclic amide) rings is 1. The SMILES string of the molecule is C[C@@H]1S[C@@H]2[C@H](NC(=O)/C(=N\O[C@@H](CC(=O)O)C(=O)O)c3csc(N)n3)C(=O)N2C(C(=O)O)=C1C[N+]1(CCn2oc(=O)c3cc(O)c(O)cc3c2=O)CCCC1. The summed E-state index contributed by atoms with van der Waals surface area (Å²) in [6, 6.07) is 0.666. The second kappa shape index (κ2) is 15.1. The van der Waals surface area contributed by atoms with Crippen LogP contribution in [0.15, 0.2) is 48.1 Å². The van der Waals surface area contributed by atoms with Crippen molar-refractivity contribution < 1.29 is 63.3 Å². The summed E-state index contributed by atoms with van der Waals surface area (Å²) in [5, 5.41) is 54.2. The van der Waals surface area contributed by atoms with Crippen LogP contribution in [0.25, 0.3) is 10.8 Å². The van der Waals surface area contributed by atoms with Crippen LogP contribution in [-0.2, 0) is 35.4 Å². The number of oxime groups is 1. The van der Waals surface area contributed by atoms with Crippen LogP contribution in [0, 0.1) is 0 Å². The van der Waals surface area contributed by atoms with Crippen molar-refractivity contribution in [1.29, 1.82) is 0 Å². The highest BCUT2D eigenvalue weighted by atomic mass is 32.2. The smallest absolute Gasteiger partial charge is 0.364 e. The van der Waals surface area contributed by atoms with Crippen molar-refractivity contribution in [2.75, 3.05) is 31.9 Å². The number of carboxylic acid groups (broad SMARTS) is 3. The van der Waals surface area contributed by atoms with E-state index in [1.54, 1.807) is 6.92 Å². The molecule has 1 aromatic carbocycles. The first-order valence-electron chi connectivity index (χ1n) is 16.6. The molecule has 21 nitrogen and oxygen atoms in total. The Morgan fingerprint density at radius 1 is 1.11 bits per heavy atom. The van der Waals surface area contributed by atoms with Crippen LogP contribution in [0.4, 0.5) is 5.13 Å². The predicted molar refractivity (Wildman–Crippen MR) is 191 cm³/mol. The lowest BCUT2D eigenvalue weighted by Gasteiger charge is -2.51. The van der Waals surface area contributed by atoms with Gasteiger partial charge in [-0.15, -0.1) is 23.1 Å². The van der Waals surface area contributed by atoms with Crippen molar-refractivity contribution in [3.63, 3.8) is 0 Å². The Morgan fingerprint density at radius 3 is 2.38 bits per heavy atom. The molecule has 2 saturated heterocycles. The van der Waals surface area contributed by atoms with Crippen LogP contribution in [0.1, 0.15) is 31.9 Å². The monoisotopic (exact) mass is 804 g/mol. The van der Waals surface area contributed by atoms with Crippen LogP contribution in [0.2, 0.25) is 0 Å². The van der Waals surface area contributed by atoms with E-state index in [2.05, 4.69) is 15.5 Å². The Bertz CT molecular complexity index is 2290. The van der Waals surface area contributed by atoms with Gasteiger partial charge in [0.15, 0.2) is 22.3 Å². The number of fused-ring (bicyclic) bond motifs is 2. The Labute approximate surface area is 316 Å². The molecule has 0 unspecified atom stereocenters. The molecule has 0 aliphatic carbocycles. The second-order valence-corrected chi connectivity index (χ2v) is 15.5. The summed E-state index contributed by atoms with van der Waals surface area (Å²) < 4.78 is 6.43. The van der Waals surface area contributed by atoms with Gasteiger partial charge in [0.1, 0.15) is 42.4 Å². The van der Waals surface area contributed by atoms with Gasteiger partial charge >= 0.3 is 23.5 Å². The summed E-state index contributed by atoms with van der Waals surface area (Å²) in [5.74, 6) is -7.54. The average molecular weight is 805 g/mol. The first-order chi connectivity index (χ1) is 26.0. The van der Waals surface area contributed by atoms with Crippen molar-refractivity contribution in [3.05, 3.63) is 55.3 Å². The molecular formula is C32H34N7O14S2+. The number of likely N-dealkylation sites (tertiary alicyclic amines) is 1. The molecule has 0 radical (unpaired) electrons. The number of hydrogen-bond donors (Lipinski definition) is 7. The van der Waals surface area contributed by atoms with Gasteiger partial charge in [0.25, 0.3) is 17.4 Å². The van der Waals surface area contributed by atoms with Gasteiger partial charge in [0.05, 0.1) is 30.3 Å². The number of benzene rings is 1. The molecule has 292 valence electrons. The van der Waals surface area contributed by atoms with E-state index >= 15 is 0 Å². The van der Waals surface area contributed by atoms with Crippen LogP contribution >= 0.6 is 23.1 Å². The summed E-state index contributed by atoms with van der Waals surface area (Å²) in [6.07, 6.45) is -1.39. The number of rotatable bonds is 14. The van der Waals surface area contributed by atoms with E-state index in [1.165, 1.54) is 17.1 Å². The molecule has 4 atom stereocenters. The number of nitrogens with zero attached hydrogens (tertiary/aromatic N) is 5. The molecule has 0 spiro atoms. The third-order valence-corrected chi connectivity index (χ3v) is 11.7. The minimum absolute atomic E-state index is 0.0101. The fourth-order valence-electron chi connectivity index (χ4n) is 6.84. The highest BCUT2D eigenvalue weighted by Gasteiger charge is 2.57. The maximum atomic E-state index is 13.6. The summed E-state index contributed by atoms with van der Waals surface area (Å²) in [6.45, 7) is 3.27. The summed E-state index contributed by atoms with van der Waals surface area (Å²) in [4.78, 5) is 98.4. The number of thioether (sulfide) groups is 1. The molecule has 6 rings (SSSR count). The topological polar surface area (TPSA) is 314 Å². The Balaban J connectivity index is 1.23. The molecule has 3 aliphatic rings. The first kappa shape index (κ1) is 38.8. The lowest BCUT2D eigenvalue weighted by atomic mass is 9.99. The third-order valence-electron chi connectivity index (χ3n) is 9.58. The normalized spacial score (nSPS) is 21.2. The summed E-state index contributed by atoms with van der Waals surface area (Å²) in [7, 11) is 0. The van der Waals surface area contributed by atoms with Crippen LogP contribution in [0.5, 0.6) is 11.5 Å². The second-order valence-electron chi connectivity index (χ2n) is 13.1. The van der Waals surface area contributed by atoms with E-state index in [-0.39, 0.29) is 46.9 Å². The first-order valence-corrected chi connectivity index (χ1v) is 18.4. The van der Waals surface area contributed by atoms with E-state index in [4.69, 9.17) is 20.2 Å². The van der Waals surface area contributed by atoms with Crippen molar-refractivity contribution in [1.82, 2.24) is 19.9 Å². The highest BCUT2D eigenvalue weighted by Crippen LogP contribution is 2.45. The van der Waals surface area contributed by atoms with Gasteiger partial charge in [-0.25, -0.2) is 19.4 Å². The summed E-state index contributed by atoms with van der Waals surface area (Å²) in [5.41, 5.74) is 3.51.